The van der Waals surface area contributed by atoms with Crippen molar-refractivity contribution in [1.82, 2.24) is 9.80 Å². The molecule has 22 heavy (non-hydrogen) atoms. The summed E-state index contributed by atoms with van der Waals surface area (Å²) in [4.78, 5) is 17.3. The third kappa shape index (κ3) is 3.81. The molecule has 0 bridgehead atoms. The molecule has 0 aromatic carbocycles. The van der Waals surface area contributed by atoms with Crippen LogP contribution in [0.3, 0.4) is 0 Å². The van der Waals surface area contributed by atoms with Gasteiger partial charge in [-0.05, 0) is 31.6 Å². The number of ether oxygens (including phenoxy) is 1. The highest BCUT2D eigenvalue weighted by Crippen LogP contribution is 2.28. The number of hydrogen-bond donors (Lipinski definition) is 1. The summed E-state index contributed by atoms with van der Waals surface area (Å²) >= 11 is 0. The predicted molar refractivity (Wildman–Crippen MR) is 86.6 cm³/mol. The molecule has 3 fully saturated rings. The van der Waals surface area contributed by atoms with Gasteiger partial charge in [0.25, 0.3) is 0 Å². The topological polar surface area (TPSA) is 58.8 Å². The number of carbonyl (C=O) groups excluding carboxylic acids is 1. The zero-order valence-electron chi connectivity index (χ0n) is 13.8. The summed E-state index contributed by atoms with van der Waals surface area (Å²) in [5.74, 6) is 0.980. The van der Waals surface area contributed by atoms with Gasteiger partial charge >= 0.3 is 0 Å². The van der Waals surface area contributed by atoms with E-state index >= 15 is 0 Å². The Balaban J connectivity index is 1.45. The van der Waals surface area contributed by atoms with Gasteiger partial charge in [0.1, 0.15) is 0 Å². The van der Waals surface area contributed by atoms with E-state index in [2.05, 4.69) is 4.90 Å². The number of hydrogen-bond acceptors (Lipinski definition) is 4. The number of amides is 1. The third-order valence-electron chi connectivity index (χ3n) is 5.69. The van der Waals surface area contributed by atoms with Crippen molar-refractivity contribution in [2.24, 2.45) is 11.7 Å². The minimum Gasteiger partial charge on any atom is -0.381 e. The van der Waals surface area contributed by atoms with Crippen molar-refractivity contribution >= 4 is 5.91 Å². The van der Waals surface area contributed by atoms with E-state index in [9.17, 15) is 4.79 Å². The van der Waals surface area contributed by atoms with Gasteiger partial charge in [-0.25, -0.2) is 0 Å². The van der Waals surface area contributed by atoms with Crippen LogP contribution in [0.25, 0.3) is 0 Å². The first-order valence-corrected chi connectivity index (χ1v) is 9.06. The van der Waals surface area contributed by atoms with Gasteiger partial charge in [0.15, 0.2) is 0 Å². The normalized spacial score (nSPS) is 27.8. The fourth-order valence-corrected chi connectivity index (χ4v) is 4.14. The lowest BCUT2D eigenvalue weighted by Crippen LogP contribution is -2.60. The molecule has 126 valence electrons. The maximum atomic E-state index is 12.7. The van der Waals surface area contributed by atoms with Gasteiger partial charge in [-0.1, -0.05) is 19.3 Å². The van der Waals surface area contributed by atoms with Crippen molar-refractivity contribution in [2.75, 3.05) is 45.9 Å². The van der Waals surface area contributed by atoms with E-state index in [-0.39, 0.29) is 5.91 Å². The first-order chi connectivity index (χ1) is 10.7. The monoisotopic (exact) mass is 309 g/mol. The van der Waals surface area contributed by atoms with Crippen LogP contribution < -0.4 is 5.73 Å². The lowest BCUT2D eigenvalue weighted by atomic mass is 9.81. The van der Waals surface area contributed by atoms with Crippen molar-refractivity contribution in [1.29, 1.82) is 0 Å². The minimum atomic E-state index is -0.568. The van der Waals surface area contributed by atoms with Crippen LogP contribution in [0.5, 0.6) is 0 Å². The Morgan fingerprint density at radius 2 is 1.68 bits per heavy atom. The van der Waals surface area contributed by atoms with Crippen LogP contribution in [-0.2, 0) is 9.53 Å². The first kappa shape index (κ1) is 16.2. The van der Waals surface area contributed by atoms with Crippen molar-refractivity contribution in [2.45, 2.75) is 50.5 Å². The van der Waals surface area contributed by atoms with Crippen LogP contribution >= 0.6 is 0 Å². The Labute approximate surface area is 134 Å². The third-order valence-corrected chi connectivity index (χ3v) is 5.69. The van der Waals surface area contributed by atoms with Crippen LogP contribution in [0, 0.1) is 5.92 Å². The lowest BCUT2D eigenvalue weighted by Gasteiger charge is -2.42. The van der Waals surface area contributed by atoms with Gasteiger partial charge in [-0.15, -0.1) is 0 Å². The molecular formula is C17H31N3O2. The van der Waals surface area contributed by atoms with Gasteiger partial charge in [-0.3, -0.25) is 9.69 Å². The summed E-state index contributed by atoms with van der Waals surface area (Å²) in [6.07, 6.45) is 7.54. The molecule has 0 aromatic rings. The highest BCUT2D eigenvalue weighted by atomic mass is 16.5. The highest BCUT2D eigenvalue weighted by molar-refractivity contribution is 5.86. The SMILES string of the molecule is NC1(C(=O)N2CCN(CC3CCOCC3)CC2)CCCCC1. The fourth-order valence-electron chi connectivity index (χ4n) is 4.14. The average Bonchev–Trinajstić information content (AvgIpc) is 2.56. The number of piperazine rings is 1. The molecule has 2 saturated heterocycles. The Morgan fingerprint density at radius 1 is 1.05 bits per heavy atom. The molecule has 5 nitrogen and oxygen atoms in total. The van der Waals surface area contributed by atoms with Crippen molar-refractivity contribution in [3.8, 4) is 0 Å². The standard InChI is InChI=1S/C17H31N3O2/c18-17(6-2-1-3-7-17)16(21)20-10-8-19(9-11-20)14-15-4-12-22-13-5-15/h15H,1-14,18H2. The summed E-state index contributed by atoms with van der Waals surface area (Å²) < 4.78 is 5.43. The molecule has 2 N–H and O–H groups in total. The average molecular weight is 309 g/mol. The molecule has 5 heteroatoms. The fraction of sp³-hybridized carbons (Fsp3) is 0.941. The smallest absolute Gasteiger partial charge is 0.242 e. The minimum absolute atomic E-state index is 0.206. The second-order valence-electron chi connectivity index (χ2n) is 7.37. The Bertz CT molecular complexity index is 368. The molecule has 0 atom stereocenters. The Morgan fingerprint density at radius 3 is 2.32 bits per heavy atom. The van der Waals surface area contributed by atoms with Gasteiger partial charge in [-0.2, -0.15) is 0 Å². The summed E-state index contributed by atoms with van der Waals surface area (Å²) in [7, 11) is 0. The second-order valence-corrected chi connectivity index (χ2v) is 7.37. The molecule has 1 amide bonds. The number of nitrogens with zero attached hydrogens (tertiary/aromatic N) is 2. The van der Waals surface area contributed by atoms with Gasteiger partial charge in [0, 0.05) is 45.9 Å². The van der Waals surface area contributed by atoms with E-state index < -0.39 is 5.54 Å². The van der Waals surface area contributed by atoms with E-state index in [1.54, 1.807) is 0 Å². The molecular weight excluding hydrogens is 278 g/mol. The largest absolute Gasteiger partial charge is 0.381 e. The molecule has 2 aliphatic heterocycles. The van der Waals surface area contributed by atoms with Gasteiger partial charge in [0.2, 0.25) is 5.91 Å². The van der Waals surface area contributed by atoms with Crippen molar-refractivity contribution < 1.29 is 9.53 Å². The molecule has 2 heterocycles. The van der Waals surface area contributed by atoms with Gasteiger partial charge in [0.05, 0.1) is 5.54 Å². The zero-order valence-corrected chi connectivity index (χ0v) is 13.8. The van der Waals surface area contributed by atoms with E-state index in [1.807, 2.05) is 4.90 Å². The molecule has 1 aliphatic carbocycles. The van der Waals surface area contributed by atoms with Crippen molar-refractivity contribution in [3.63, 3.8) is 0 Å². The maximum absolute atomic E-state index is 12.7. The van der Waals surface area contributed by atoms with E-state index in [4.69, 9.17) is 10.5 Å². The summed E-state index contributed by atoms with van der Waals surface area (Å²) in [5.41, 5.74) is 5.83. The molecule has 3 rings (SSSR count). The number of rotatable bonds is 3. The van der Waals surface area contributed by atoms with Crippen LogP contribution in [-0.4, -0.2) is 67.2 Å². The summed E-state index contributed by atoms with van der Waals surface area (Å²) in [6.45, 7) is 6.69. The number of nitrogens with two attached hydrogens (primary N) is 1. The predicted octanol–water partition coefficient (Wildman–Crippen LogP) is 1.22. The molecule has 0 spiro atoms. The van der Waals surface area contributed by atoms with E-state index in [1.165, 1.54) is 25.8 Å². The van der Waals surface area contributed by atoms with E-state index in [0.717, 1.165) is 71.0 Å². The molecule has 1 saturated carbocycles. The maximum Gasteiger partial charge on any atom is 0.242 e. The van der Waals surface area contributed by atoms with Crippen LogP contribution in [0.1, 0.15) is 44.9 Å². The molecule has 3 aliphatic rings. The molecule has 0 radical (unpaired) electrons. The van der Waals surface area contributed by atoms with Crippen LogP contribution in [0.15, 0.2) is 0 Å². The molecule has 0 unspecified atom stereocenters. The first-order valence-electron chi connectivity index (χ1n) is 9.06. The van der Waals surface area contributed by atoms with Crippen LogP contribution in [0.4, 0.5) is 0 Å². The highest BCUT2D eigenvalue weighted by Gasteiger charge is 2.39. The Hall–Kier alpha value is -0.650. The van der Waals surface area contributed by atoms with Crippen LogP contribution in [0.2, 0.25) is 0 Å². The van der Waals surface area contributed by atoms with E-state index in [0.29, 0.717) is 0 Å². The lowest BCUT2D eigenvalue weighted by molar-refractivity contribution is -0.140. The van der Waals surface area contributed by atoms with Crippen molar-refractivity contribution in [3.05, 3.63) is 0 Å². The van der Waals surface area contributed by atoms with Gasteiger partial charge < -0.3 is 15.4 Å². The quantitative estimate of drug-likeness (QED) is 0.851. The Kier molecular flexibility index (Phi) is 5.37. The summed E-state index contributed by atoms with van der Waals surface area (Å²) in [6, 6.07) is 0. The zero-order chi connectivity index (χ0) is 15.4. The number of carbonyl (C=O) groups is 1. The second kappa shape index (κ2) is 7.28. The summed E-state index contributed by atoms with van der Waals surface area (Å²) in [5, 5.41) is 0. The molecule has 0 aromatic heterocycles.